The molecule has 1 N–H and O–H groups in total. The maximum Gasteiger partial charge on any atom is 0.280 e. The smallest absolute Gasteiger partial charge is 0.266 e. The number of hydrazine groups is 1. The fraction of sp³-hybridized carbons (Fsp3) is 0.778. The quantitative estimate of drug-likeness (QED) is 0.681. The van der Waals surface area contributed by atoms with E-state index in [1.54, 1.807) is 5.01 Å². The average molecular weight is 181 g/mol. The van der Waals surface area contributed by atoms with Gasteiger partial charge < -0.3 is 0 Å². The van der Waals surface area contributed by atoms with Gasteiger partial charge in [-0.2, -0.15) is 0 Å². The van der Waals surface area contributed by atoms with Gasteiger partial charge in [0.25, 0.3) is 5.91 Å². The Balaban J connectivity index is 1.80. The summed E-state index contributed by atoms with van der Waals surface area (Å²) in [4.78, 5) is 15.1. The van der Waals surface area contributed by atoms with Crippen molar-refractivity contribution < 1.29 is 4.79 Å². The maximum absolute atomic E-state index is 11.2. The predicted molar refractivity (Wildman–Crippen MR) is 50.2 cm³/mol. The second kappa shape index (κ2) is 3.87. The Morgan fingerprint density at radius 2 is 2.15 bits per heavy atom. The van der Waals surface area contributed by atoms with E-state index < -0.39 is 0 Å². The van der Waals surface area contributed by atoms with E-state index in [2.05, 4.69) is 10.4 Å². The second-order valence-corrected chi connectivity index (χ2v) is 3.68. The molecule has 1 saturated carbocycles. The SMILES string of the molecule is O=C1C=NCN1NC1CCCCC1. The van der Waals surface area contributed by atoms with Crippen LogP contribution in [0.1, 0.15) is 32.1 Å². The van der Waals surface area contributed by atoms with Crippen molar-refractivity contribution in [2.75, 3.05) is 6.67 Å². The molecule has 0 aromatic heterocycles. The molecular formula is C9H15N3O. The van der Waals surface area contributed by atoms with Crippen LogP contribution in [0.3, 0.4) is 0 Å². The average Bonchev–Trinajstić information content (AvgIpc) is 2.54. The van der Waals surface area contributed by atoms with Gasteiger partial charge in [-0.05, 0) is 12.8 Å². The van der Waals surface area contributed by atoms with Gasteiger partial charge >= 0.3 is 0 Å². The van der Waals surface area contributed by atoms with E-state index in [1.165, 1.54) is 38.3 Å². The monoisotopic (exact) mass is 181 g/mol. The number of carbonyl (C=O) groups excluding carboxylic acids is 1. The molecule has 0 aromatic rings. The van der Waals surface area contributed by atoms with Gasteiger partial charge in [0.15, 0.2) is 0 Å². The van der Waals surface area contributed by atoms with Gasteiger partial charge in [-0.15, -0.1) is 0 Å². The minimum Gasteiger partial charge on any atom is -0.266 e. The molecule has 0 aromatic carbocycles. The summed E-state index contributed by atoms with van der Waals surface area (Å²) in [6, 6.07) is 0.486. The van der Waals surface area contributed by atoms with Gasteiger partial charge in [-0.1, -0.05) is 19.3 Å². The Morgan fingerprint density at radius 1 is 1.38 bits per heavy atom. The first-order valence-corrected chi connectivity index (χ1v) is 4.94. The first-order valence-electron chi connectivity index (χ1n) is 4.94. The fourth-order valence-electron chi connectivity index (χ4n) is 1.90. The van der Waals surface area contributed by atoms with Crippen LogP contribution in [-0.2, 0) is 4.79 Å². The molecule has 1 aliphatic heterocycles. The van der Waals surface area contributed by atoms with Gasteiger partial charge in [-0.25, -0.2) is 5.43 Å². The number of hydrogen-bond acceptors (Lipinski definition) is 3. The number of hydrogen-bond donors (Lipinski definition) is 1. The highest BCUT2D eigenvalue weighted by Crippen LogP contribution is 2.17. The molecule has 1 heterocycles. The van der Waals surface area contributed by atoms with Crippen LogP contribution in [-0.4, -0.2) is 29.8 Å². The summed E-state index contributed by atoms with van der Waals surface area (Å²) < 4.78 is 0. The van der Waals surface area contributed by atoms with E-state index in [4.69, 9.17) is 0 Å². The maximum atomic E-state index is 11.2. The zero-order chi connectivity index (χ0) is 9.10. The van der Waals surface area contributed by atoms with Gasteiger partial charge in [0.05, 0.1) is 6.21 Å². The Kier molecular flexibility index (Phi) is 2.59. The number of nitrogens with one attached hydrogen (secondary N) is 1. The van der Waals surface area contributed by atoms with Crippen LogP contribution in [0.4, 0.5) is 0 Å². The summed E-state index contributed by atoms with van der Waals surface area (Å²) in [7, 11) is 0. The summed E-state index contributed by atoms with van der Waals surface area (Å²) in [6.45, 7) is 0.481. The first kappa shape index (κ1) is 8.69. The van der Waals surface area contributed by atoms with E-state index in [0.717, 1.165) is 0 Å². The molecule has 1 fully saturated rings. The van der Waals surface area contributed by atoms with Gasteiger partial charge in [0, 0.05) is 6.04 Å². The third kappa shape index (κ3) is 2.06. The molecule has 0 atom stereocenters. The van der Waals surface area contributed by atoms with Crippen LogP contribution in [0, 0.1) is 0 Å². The van der Waals surface area contributed by atoms with Crippen molar-refractivity contribution >= 4 is 12.1 Å². The molecule has 2 aliphatic rings. The molecule has 4 nitrogen and oxygen atoms in total. The van der Waals surface area contributed by atoms with E-state index in [9.17, 15) is 4.79 Å². The van der Waals surface area contributed by atoms with Crippen molar-refractivity contribution in [1.29, 1.82) is 0 Å². The standard InChI is InChI=1S/C9H15N3O/c13-9-6-10-7-12(9)11-8-4-2-1-3-5-8/h6,8,11H,1-5,7H2. The molecule has 1 aliphatic carbocycles. The predicted octanol–water partition coefficient (Wildman–Crippen LogP) is 0.694. The highest BCUT2D eigenvalue weighted by molar-refractivity contribution is 6.27. The molecule has 13 heavy (non-hydrogen) atoms. The minimum absolute atomic E-state index is 0.00873. The van der Waals surface area contributed by atoms with Crippen molar-refractivity contribution in [3.05, 3.63) is 0 Å². The molecule has 2 rings (SSSR count). The van der Waals surface area contributed by atoms with Crippen LogP contribution < -0.4 is 5.43 Å². The highest BCUT2D eigenvalue weighted by atomic mass is 16.2. The van der Waals surface area contributed by atoms with Crippen LogP contribution >= 0.6 is 0 Å². The molecule has 0 bridgehead atoms. The van der Waals surface area contributed by atoms with Crippen molar-refractivity contribution in [2.24, 2.45) is 4.99 Å². The van der Waals surface area contributed by atoms with Crippen LogP contribution in [0.5, 0.6) is 0 Å². The normalized spacial score (nSPS) is 24.3. The molecule has 4 heteroatoms. The van der Waals surface area contributed by atoms with Crippen molar-refractivity contribution in [1.82, 2.24) is 10.4 Å². The largest absolute Gasteiger partial charge is 0.280 e. The summed E-state index contributed by atoms with van der Waals surface area (Å²) in [5.74, 6) is -0.00873. The summed E-state index contributed by atoms with van der Waals surface area (Å²) in [5, 5.41) is 1.61. The fourth-order valence-corrected chi connectivity index (χ4v) is 1.90. The molecular weight excluding hydrogens is 166 g/mol. The lowest BCUT2D eigenvalue weighted by atomic mass is 9.96. The second-order valence-electron chi connectivity index (χ2n) is 3.68. The number of aliphatic imine (C=N–C) groups is 1. The van der Waals surface area contributed by atoms with E-state index in [0.29, 0.717) is 12.7 Å². The van der Waals surface area contributed by atoms with Crippen molar-refractivity contribution in [3.8, 4) is 0 Å². The van der Waals surface area contributed by atoms with Gasteiger partial charge in [0.2, 0.25) is 0 Å². The number of amides is 1. The van der Waals surface area contributed by atoms with Crippen LogP contribution in [0.15, 0.2) is 4.99 Å². The Morgan fingerprint density at radius 3 is 2.77 bits per heavy atom. The van der Waals surface area contributed by atoms with Crippen LogP contribution in [0.2, 0.25) is 0 Å². The lowest BCUT2D eigenvalue weighted by Crippen LogP contribution is -2.46. The van der Waals surface area contributed by atoms with Crippen LogP contribution in [0.25, 0.3) is 0 Å². The van der Waals surface area contributed by atoms with Crippen molar-refractivity contribution in [2.45, 2.75) is 38.1 Å². The summed E-state index contributed by atoms with van der Waals surface area (Å²) >= 11 is 0. The zero-order valence-electron chi connectivity index (χ0n) is 7.70. The molecule has 0 saturated heterocycles. The minimum atomic E-state index is -0.00873. The lowest BCUT2D eigenvalue weighted by Gasteiger charge is -2.27. The molecule has 0 spiro atoms. The lowest BCUT2D eigenvalue weighted by molar-refractivity contribution is -0.126. The number of nitrogens with zero attached hydrogens (tertiary/aromatic N) is 2. The third-order valence-electron chi connectivity index (χ3n) is 2.63. The third-order valence-corrected chi connectivity index (χ3v) is 2.63. The number of rotatable bonds is 2. The van der Waals surface area contributed by atoms with Gasteiger partial charge in [0.1, 0.15) is 6.67 Å². The molecule has 1 amide bonds. The molecule has 72 valence electrons. The van der Waals surface area contributed by atoms with Gasteiger partial charge in [-0.3, -0.25) is 14.8 Å². The summed E-state index contributed by atoms with van der Waals surface area (Å²) in [6.07, 6.45) is 7.65. The first-order chi connectivity index (χ1) is 6.36. The highest BCUT2D eigenvalue weighted by Gasteiger charge is 2.21. The topological polar surface area (TPSA) is 44.7 Å². The number of carbonyl (C=O) groups is 1. The summed E-state index contributed by atoms with van der Waals surface area (Å²) in [5.41, 5.74) is 3.23. The Hall–Kier alpha value is -0.900. The molecule has 0 radical (unpaired) electrons. The van der Waals surface area contributed by atoms with Crippen molar-refractivity contribution in [3.63, 3.8) is 0 Å². The Labute approximate surface area is 78.0 Å². The zero-order valence-corrected chi connectivity index (χ0v) is 7.70. The Bertz CT molecular complexity index is 221. The molecule has 0 unspecified atom stereocenters. The van der Waals surface area contributed by atoms with E-state index >= 15 is 0 Å². The van der Waals surface area contributed by atoms with E-state index in [-0.39, 0.29) is 5.91 Å². The van der Waals surface area contributed by atoms with E-state index in [1.807, 2.05) is 0 Å².